The number of nitrogens with zero attached hydrogens (tertiary/aromatic N) is 1. The summed E-state index contributed by atoms with van der Waals surface area (Å²) in [6.45, 7) is 2.37. The number of thiocarbonyl (C=S) groups is 1. The molecule has 2 amide bonds. The molecule has 2 atom stereocenters. The van der Waals surface area contributed by atoms with Gasteiger partial charge in [-0.05, 0) is 24.7 Å². The molecule has 0 aromatic heterocycles. The van der Waals surface area contributed by atoms with Gasteiger partial charge in [0, 0.05) is 0 Å². The molecule has 1 heterocycles. The zero-order chi connectivity index (χ0) is 14.5. The van der Waals surface area contributed by atoms with E-state index in [1.165, 1.54) is 0 Å². The number of benzene rings is 1. The van der Waals surface area contributed by atoms with Crippen LogP contribution >= 0.6 is 12.2 Å². The van der Waals surface area contributed by atoms with Gasteiger partial charge in [-0.15, -0.1) is 0 Å². The molecule has 1 aromatic carbocycles. The molecular formula is C13H17N5OS. The topological polar surface area (TPSA) is 91.5 Å². The Morgan fingerprint density at radius 2 is 2.15 bits per heavy atom. The fourth-order valence-electron chi connectivity index (χ4n) is 2.09. The van der Waals surface area contributed by atoms with E-state index in [9.17, 15) is 4.79 Å². The monoisotopic (exact) mass is 291 g/mol. The highest BCUT2D eigenvalue weighted by molar-refractivity contribution is 7.80. The van der Waals surface area contributed by atoms with Gasteiger partial charge < -0.3 is 16.4 Å². The average molecular weight is 291 g/mol. The quantitative estimate of drug-likeness (QED) is 0.616. The molecular weight excluding hydrogens is 274 g/mol. The predicted molar refractivity (Wildman–Crippen MR) is 82.5 cm³/mol. The van der Waals surface area contributed by atoms with Crippen molar-refractivity contribution < 1.29 is 4.79 Å². The van der Waals surface area contributed by atoms with Crippen molar-refractivity contribution in [2.75, 3.05) is 6.54 Å². The van der Waals surface area contributed by atoms with Crippen LogP contribution in [-0.2, 0) is 0 Å². The van der Waals surface area contributed by atoms with Crippen LogP contribution in [-0.4, -0.2) is 29.6 Å². The van der Waals surface area contributed by atoms with Crippen LogP contribution in [0, 0.1) is 0 Å². The Hall–Kier alpha value is -2.15. The zero-order valence-electron chi connectivity index (χ0n) is 11.1. The third-order valence-corrected chi connectivity index (χ3v) is 3.06. The van der Waals surface area contributed by atoms with Crippen LogP contribution in [0.25, 0.3) is 0 Å². The molecule has 0 aliphatic carbocycles. The lowest BCUT2D eigenvalue weighted by atomic mass is 10.0. The molecule has 2 rings (SSSR count). The van der Waals surface area contributed by atoms with Gasteiger partial charge in [0.2, 0.25) is 0 Å². The maximum Gasteiger partial charge on any atom is 0.321 e. The molecule has 0 saturated heterocycles. The number of hydrogen-bond acceptors (Lipinski definition) is 4. The third-order valence-electron chi connectivity index (χ3n) is 2.96. The lowest BCUT2D eigenvalue weighted by Gasteiger charge is -2.13. The van der Waals surface area contributed by atoms with Gasteiger partial charge in [-0.1, -0.05) is 30.3 Å². The summed E-state index contributed by atoms with van der Waals surface area (Å²) in [7, 11) is 0. The van der Waals surface area contributed by atoms with Gasteiger partial charge in [0.05, 0.1) is 18.6 Å². The Bertz CT molecular complexity index is 531. The second-order valence-electron chi connectivity index (χ2n) is 4.54. The molecule has 106 valence electrons. The number of amides is 2. The largest absolute Gasteiger partial charge is 0.376 e. The standard InChI is InChI=1S/C13H17N5OS/c1-8-11(9-5-3-2-4-6-9)17-10(16-8)7-15-13(19)18-12(14)20/h2-6,8,11H,7H2,1H3,(H,16,17)(H4,14,15,18,19,20). The highest BCUT2D eigenvalue weighted by Crippen LogP contribution is 2.24. The molecule has 5 N–H and O–H groups in total. The Labute approximate surface area is 122 Å². The third kappa shape index (κ3) is 3.67. The number of nitrogens with two attached hydrogens (primary N) is 1. The summed E-state index contributed by atoms with van der Waals surface area (Å²) >= 11 is 4.58. The summed E-state index contributed by atoms with van der Waals surface area (Å²) in [6, 6.07) is 9.86. The fourth-order valence-corrected chi connectivity index (χ4v) is 2.18. The second kappa shape index (κ2) is 6.33. The van der Waals surface area contributed by atoms with Gasteiger partial charge in [0.1, 0.15) is 5.84 Å². The van der Waals surface area contributed by atoms with Gasteiger partial charge in [-0.2, -0.15) is 0 Å². The van der Waals surface area contributed by atoms with E-state index in [0.29, 0.717) is 6.54 Å². The van der Waals surface area contributed by atoms with E-state index in [0.717, 1.165) is 11.4 Å². The van der Waals surface area contributed by atoms with Crippen LogP contribution in [0.15, 0.2) is 35.3 Å². The molecule has 7 heteroatoms. The number of rotatable bonds is 3. The Kier molecular flexibility index (Phi) is 4.52. The van der Waals surface area contributed by atoms with Crippen LogP contribution < -0.4 is 21.7 Å². The zero-order valence-corrected chi connectivity index (χ0v) is 11.9. The normalized spacial score (nSPS) is 20.8. The lowest BCUT2D eigenvalue weighted by Crippen LogP contribution is -2.45. The van der Waals surface area contributed by atoms with Crippen LogP contribution in [0.2, 0.25) is 0 Å². The highest BCUT2D eigenvalue weighted by atomic mass is 32.1. The maximum atomic E-state index is 11.4. The predicted octanol–water partition coefficient (Wildman–Crippen LogP) is 0.661. The maximum absolute atomic E-state index is 11.4. The molecule has 0 fully saturated rings. The SMILES string of the molecule is CC1NC(CNC(=O)NC(N)=S)=NC1c1ccccc1. The van der Waals surface area contributed by atoms with Crippen molar-refractivity contribution in [3.8, 4) is 0 Å². The van der Waals surface area contributed by atoms with Gasteiger partial charge in [-0.3, -0.25) is 10.3 Å². The van der Waals surface area contributed by atoms with E-state index >= 15 is 0 Å². The van der Waals surface area contributed by atoms with Crippen LogP contribution in [0.3, 0.4) is 0 Å². The fraction of sp³-hybridized carbons (Fsp3) is 0.308. The Morgan fingerprint density at radius 3 is 2.80 bits per heavy atom. The van der Waals surface area contributed by atoms with Crippen LogP contribution in [0.4, 0.5) is 4.79 Å². The molecule has 1 aliphatic rings. The lowest BCUT2D eigenvalue weighted by molar-refractivity contribution is 0.246. The molecule has 1 aromatic rings. The van der Waals surface area contributed by atoms with Crippen molar-refractivity contribution in [3.05, 3.63) is 35.9 Å². The first-order chi connectivity index (χ1) is 9.56. The number of nitrogens with one attached hydrogen (secondary N) is 3. The van der Waals surface area contributed by atoms with E-state index in [1.54, 1.807) is 0 Å². The Morgan fingerprint density at radius 1 is 1.45 bits per heavy atom. The summed E-state index contributed by atoms with van der Waals surface area (Å²) in [5.41, 5.74) is 6.36. The van der Waals surface area contributed by atoms with Crippen LogP contribution in [0.1, 0.15) is 18.5 Å². The van der Waals surface area contributed by atoms with Crippen molar-refractivity contribution in [1.82, 2.24) is 16.0 Å². The molecule has 0 saturated carbocycles. The summed E-state index contributed by atoms with van der Waals surface area (Å²) < 4.78 is 0. The molecule has 0 spiro atoms. The van der Waals surface area contributed by atoms with Crippen LogP contribution in [0.5, 0.6) is 0 Å². The van der Waals surface area contributed by atoms with Crippen molar-refractivity contribution in [3.63, 3.8) is 0 Å². The first-order valence-corrected chi connectivity index (χ1v) is 6.69. The number of carbonyl (C=O) groups is 1. The highest BCUT2D eigenvalue weighted by Gasteiger charge is 2.25. The van der Waals surface area contributed by atoms with E-state index in [1.807, 2.05) is 30.3 Å². The number of amidine groups is 1. The number of hydrogen-bond donors (Lipinski definition) is 4. The summed E-state index contributed by atoms with van der Waals surface area (Å²) in [5, 5.41) is 8.13. The molecule has 2 unspecified atom stereocenters. The molecule has 0 bridgehead atoms. The van der Waals surface area contributed by atoms with Crippen molar-refractivity contribution in [1.29, 1.82) is 0 Å². The van der Waals surface area contributed by atoms with Gasteiger partial charge in [0.15, 0.2) is 5.11 Å². The smallest absolute Gasteiger partial charge is 0.321 e. The molecule has 6 nitrogen and oxygen atoms in total. The van der Waals surface area contributed by atoms with E-state index in [2.05, 4.69) is 40.1 Å². The first-order valence-electron chi connectivity index (χ1n) is 6.28. The summed E-state index contributed by atoms with van der Waals surface area (Å²) in [4.78, 5) is 16.0. The van der Waals surface area contributed by atoms with E-state index < -0.39 is 6.03 Å². The second-order valence-corrected chi connectivity index (χ2v) is 4.98. The van der Waals surface area contributed by atoms with Crippen molar-refractivity contribution >= 4 is 29.2 Å². The number of carbonyl (C=O) groups excluding carboxylic acids is 1. The van der Waals surface area contributed by atoms with Crippen molar-refractivity contribution in [2.45, 2.75) is 19.0 Å². The Balaban J connectivity index is 1.94. The van der Waals surface area contributed by atoms with Gasteiger partial charge in [-0.25, -0.2) is 4.79 Å². The van der Waals surface area contributed by atoms with Gasteiger partial charge >= 0.3 is 6.03 Å². The van der Waals surface area contributed by atoms with E-state index in [4.69, 9.17) is 5.73 Å². The average Bonchev–Trinajstić information content (AvgIpc) is 2.78. The molecule has 20 heavy (non-hydrogen) atoms. The van der Waals surface area contributed by atoms with E-state index in [-0.39, 0.29) is 17.2 Å². The van der Waals surface area contributed by atoms with Gasteiger partial charge in [0.25, 0.3) is 0 Å². The molecule has 1 aliphatic heterocycles. The minimum atomic E-state index is -0.433. The first kappa shape index (κ1) is 14.3. The number of aliphatic imine (C=N–C) groups is 1. The minimum absolute atomic E-state index is 0.0562. The van der Waals surface area contributed by atoms with Crippen molar-refractivity contribution in [2.24, 2.45) is 10.7 Å². The molecule has 0 radical (unpaired) electrons. The summed E-state index contributed by atoms with van der Waals surface area (Å²) in [6.07, 6.45) is 0. The minimum Gasteiger partial charge on any atom is -0.376 e. The summed E-state index contributed by atoms with van der Waals surface area (Å²) in [5.74, 6) is 0.740. The number of urea groups is 1.